The van der Waals surface area contributed by atoms with Crippen molar-refractivity contribution in [3.63, 3.8) is 0 Å². The molecule has 23 rings (SSSR count). The van der Waals surface area contributed by atoms with Crippen LogP contribution in [-0.2, 0) is 21.7 Å². The molecule has 0 saturated heterocycles. The van der Waals surface area contributed by atoms with Gasteiger partial charge in [0.05, 0.1) is 22.2 Å². The Balaban J connectivity index is 0.778. The molecule has 15 aromatic rings. The molecule has 8 aliphatic rings. The zero-order chi connectivity index (χ0) is 88.1. The highest BCUT2D eigenvalue weighted by molar-refractivity contribution is 6.40. The third-order valence-electron chi connectivity index (χ3n) is 37.7. The summed E-state index contributed by atoms with van der Waals surface area (Å²) < 4.78 is 0. The molecule has 0 bridgehead atoms. The molecule has 4 saturated carbocycles. The molecule has 0 radical (unpaired) electrons. The molecule has 4 fully saturated rings. The maximum atomic E-state index is 2.77. The van der Waals surface area contributed by atoms with Crippen molar-refractivity contribution in [3.05, 3.63) is 277 Å². The fourth-order valence-corrected chi connectivity index (χ4v) is 33.5. The summed E-state index contributed by atoms with van der Waals surface area (Å²) in [5.41, 5.74) is 25.4. The van der Waals surface area contributed by atoms with Crippen molar-refractivity contribution in [2.45, 2.75) is 261 Å². The second-order valence-electron chi connectivity index (χ2n) is 48.9. The van der Waals surface area contributed by atoms with E-state index in [-0.39, 0.29) is 87.1 Å². The fraction of sp³-hybridized carbons (Fsp3) is 0.393. The lowest BCUT2D eigenvalue weighted by Gasteiger charge is -2.62. The molecule has 0 N–H and O–H groups in total. The maximum Gasteiger partial charge on any atom is 0.0528 e. The van der Waals surface area contributed by atoms with Crippen molar-refractivity contribution < 1.29 is 0 Å². The minimum atomic E-state index is -0.206. The standard InChI is InChI=1S/C122H130N4/c1-107(2)67-111(9,10)119(21)95-61-75(45-57-99(95)123(115(119,17)71-107)79-37-29-25-30-38-79)83-49-53-87-91-65-93-89-55-51-85(77-47-59-101-97(63-77)121(23)113(13,14)69-109(5,6)73-117(121,19)125(101)81-41-33-27-34-42-81)104-86(78-48-60-102-98(64-78)122(24)114(15,16)70-110(7,8)74-118(122,20)126(102)82-43-35-28-36-44-82)52-56-90(106(89)104)94(93)66-92(91)88-54-50-84(103(83)105(87)88)76-46-58-100-96(62-76)120(22)112(11,12)68-108(3,4)72-116(120,18)124(100)80-39-31-26-32-40-80/h25-66H,67-74H2,1-24H3. The quantitative estimate of drug-likeness (QED) is 0.150. The van der Waals surface area contributed by atoms with E-state index < -0.39 is 0 Å². The molecule has 638 valence electrons. The van der Waals surface area contributed by atoms with Crippen molar-refractivity contribution in [1.29, 1.82) is 0 Å². The lowest BCUT2D eigenvalue weighted by molar-refractivity contribution is -0.0239. The Labute approximate surface area is 750 Å². The molecule has 126 heavy (non-hydrogen) atoms. The van der Waals surface area contributed by atoms with Gasteiger partial charge in [0.2, 0.25) is 0 Å². The van der Waals surface area contributed by atoms with Crippen LogP contribution < -0.4 is 19.6 Å². The monoisotopic (exact) mass is 1650 g/mol. The van der Waals surface area contributed by atoms with E-state index in [1.807, 2.05) is 0 Å². The van der Waals surface area contributed by atoms with Crippen LogP contribution in [-0.4, -0.2) is 22.2 Å². The number of para-hydroxylation sites is 4. The molecule has 4 nitrogen and oxygen atoms in total. The lowest BCUT2D eigenvalue weighted by atomic mass is 9.45. The molecule has 4 heterocycles. The molecule has 4 aliphatic carbocycles. The minimum absolute atomic E-state index is 0.0393. The van der Waals surface area contributed by atoms with Crippen molar-refractivity contribution in [1.82, 2.24) is 0 Å². The van der Waals surface area contributed by atoms with Crippen LogP contribution in [0.5, 0.6) is 0 Å². The average Bonchev–Trinajstić information content (AvgIpc) is 1.51. The van der Waals surface area contributed by atoms with Crippen LogP contribution in [0.25, 0.3) is 109 Å². The zero-order valence-corrected chi connectivity index (χ0v) is 79.7. The summed E-state index contributed by atoms with van der Waals surface area (Å²) in [5.74, 6) is 0. The van der Waals surface area contributed by atoms with Gasteiger partial charge in [-0.3, -0.25) is 0 Å². The second kappa shape index (κ2) is 24.9. The Morgan fingerprint density at radius 3 is 0.579 bits per heavy atom. The van der Waals surface area contributed by atoms with Crippen LogP contribution in [0.4, 0.5) is 45.5 Å². The highest BCUT2D eigenvalue weighted by Gasteiger charge is 2.72. The van der Waals surface area contributed by atoms with E-state index in [0.717, 1.165) is 51.4 Å². The van der Waals surface area contributed by atoms with Gasteiger partial charge in [0.15, 0.2) is 0 Å². The highest BCUT2D eigenvalue weighted by atomic mass is 15.3. The van der Waals surface area contributed by atoms with Crippen LogP contribution in [0, 0.1) is 43.3 Å². The van der Waals surface area contributed by atoms with Gasteiger partial charge >= 0.3 is 0 Å². The number of rotatable bonds is 8. The topological polar surface area (TPSA) is 13.0 Å². The summed E-state index contributed by atoms with van der Waals surface area (Å²) in [5, 5.41) is 16.0. The van der Waals surface area contributed by atoms with E-state index in [2.05, 4.69) is 441 Å². The Morgan fingerprint density at radius 2 is 0.381 bits per heavy atom. The summed E-state index contributed by atoms with van der Waals surface area (Å²) >= 11 is 0. The van der Waals surface area contributed by atoms with Gasteiger partial charge in [0.1, 0.15) is 0 Å². The molecule has 8 atom stereocenters. The second-order valence-corrected chi connectivity index (χ2v) is 48.9. The average molecular weight is 1650 g/mol. The summed E-state index contributed by atoms with van der Waals surface area (Å²) in [4.78, 5) is 11.1. The van der Waals surface area contributed by atoms with Crippen molar-refractivity contribution in [2.75, 3.05) is 19.6 Å². The minimum Gasteiger partial charge on any atom is -0.334 e. The van der Waals surface area contributed by atoms with Crippen LogP contribution in [0.1, 0.15) is 240 Å². The summed E-state index contributed by atoms with van der Waals surface area (Å²) in [6, 6.07) is 102. The van der Waals surface area contributed by atoms with E-state index in [4.69, 9.17) is 0 Å². The SMILES string of the molecule is CC1(C)CC(C)(C)C2(C)c3cc(-c4ccc5c6cc7c(cc6c6ccc(-c8ccc9c(c8)C8(C)C(C)(C)CC(C)(C)CC8(C)N9c8ccccc8)c4c56)c4ccc(-c5ccc6c(c5)C5(C)C(C)(C)CC(C)(C)CC5(C)N6c5ccccc5)c5c(-c6ccc8c(c6)C6(C)C(C)(C)CC(C)(C)CC6(C)N8c6ccccc6)ccc7c54)ccc3N(c3ccccc3)C2(C)C1. The Kier molecular flexibility index (Phi) is 15.9. The van der Waals surface area contributed by atoms with E-state index in [1.54, 1.807) is 0 Å². The van der Waals surface area contributed by atoms with Gasteiger partial charge in [-0.25, -0.2) is 0 Å². The van der Waals surface area contributed by atoms with Crippen molar-refractivity contribution in [2.24, 2.45) is 43.3 Å². The van der Waals surface area contributed by atoms with E-state index in [1.165, 1.54) is 177 Å². The van der Waals surface area contributed by atoms with Gasteiger partial charge in [0.25, 0.3) is 0 Å². The molecule has 0 spiro atoms. The van der Waals surface area contributed by atoms with Gasteiger partial charge in [0, 0.05) is 67.2 Å². The molecule has 8 unspecified atom stereocenters. The van der Waals surface area contributed by atoms with Crippen LogP contribution >= 0.6 is 0 Å². The predicted molar refractivity (Wildman–Crippen MR) is 540 cm³/mol. The number of hydrogen-bond donors (Lipinski definition) is 0. The van der Waals surface area contributed by atoms with Gasteiger partial charge < -0.3 is 19.6 Å². The first kappa shape index (κ1) is 80.2. The van der Waals surface area contributed by atoms with Gasteiger partial charge in [-0.05, 0) is 363 Å². The third kappa shape index (κ3) is 9.89. The van der Waals surface area contributed by atoms with Crippen LogP contribution in [0.3, 0.4) is 0 Å². The number of nitrogens with zero attached hydrogens (tertiary/aromatic N) is 4. The molecular formula is C122H130N4. The summed E-state index contributed by atoms with van der Waals surface area (Å²) in [7, 11) is 0. The largest absolute Gasteiger partial charge is 0.334 e. The molecular weight excluding hydrogens is 1520 g/mol. The zero-order valence-electron chi connectivity index (χ0n) is 79.7. The molecule has 0 aromatic heterocycles. The Bertz CT molecular complexity index is 6300. The summed E-state index contributed by atoms with van der Waals surface area (Å²) in [6.45, 7) is 61.9. The van der Waals surface area contributed by atoms with Gasteiger partial charge in [-0.1, -0.05) is 284 Å². The Morgan fingerprint density at radius 1 is 0.183 bits per heavy atom. The van der Waals surface area contributed by atoms with E-state index >= 15 is 0 Å². The first-order valence-electron chi connectivity index (χ1n) is 47.7. The molecule has 0 amide bonds. The van der Waals surface area contributed by atoms with Gasteiger partial charge in [-0.2, -0.15) is 0 Å². The fourth-order valence-electron chi connectivity index (χ4n) is 33.5. The van der Waals surface area contributed by atoms with E-state index in [9.17, 15) is 0 Å². The highest BCUT2D eigenvalue weighted by Crippen LogP contribution is 2.76. The Hall–Kier alpha value is -10.4. The first-order chi connectivity index (χ1) is 59.3. The maximum absolute atomic E-state index is 2.77. The van der Waals surface area contributed by atoms with Crippen molar-refractivity contribution in [3.8, 4) is 44.5 Å². The van der Waals surface area contributed by atoms with Gasteiger partial charge in [-0.15, -0.1) is 0 Å². The van der Waals surface area contributed by atoms with Crippen molar-refractivity contribution >= 4 is 110 Å². The van der Waals surface area contributed by atoms with Crippen LogP contribution in [0.2, 0.25) is 0 Å². The molecule has 4 heteroatoms. The normalized spacial score (nSPS) is 28.8. The number of benzene rings is 13. The van der Waals surface area contributed by atoms with Crippen LogP contribution in [0.15, 0.2) is 255 Å². The van der Waals surface area contributed by atoms with E-state index in [0.29, 0.717) is 0 Å². The summed E-state index contributed by atoms with van der Waals surface area (Å²) in [6.07, 6.45) is 8.88. The predicted octanol–water partition coefficient (Wildman–Crippen LogP) is 34.2. The number of anilines is 8. The third-order valence-corrected chi connectivity index (χ3v) is 37.7. The number of fused-ring (bicyclic) bond motifs is 18. The first-order valence-corrected chi connectivity index (χ1v) is 47.7. The number of hydrogen-bond acceptors (Lipinski definition) is 4. The lowest BCUT2D eigenvalue weighted by Crippen LogP contribution is -2.65. The molecule has 4 aliphatic heterocycles. The smallest absolute Gasteiger partial charge is 0.0528 e. The molecule has 15 aromatic carbocycles.